The Morgan fingerprint density at radius 1 is 1.69 bits per heavy atom. The van der Waals surface area contributed by atoms with E-state index in [1.807, 2.05) is 0 Å². The van der Waals surface area contributed by atoms with Gasteiger partial charge in [-0.2, -0.15) is 5.10 Å². The molecule has 7 nitrogen and oxygen atoms in total. The zero-order chi connectivity index (χ0) is 12.1. The number of nitrogens with zero attached hydrogens (tertiary/aromatic N) is 2. The molecule has 0 bridgehead atoms. The van der Waals surface area contributed by atoms with Crippen molar-refractivity contribution >= 4 is 29.2 Å². The van der Waals surface area contributed by atoms with Gasteiger partial charge in [-0.1, -0.05) is 6.07 Å². The van der Waals surface area contributed by atoms with Crippen molar-refractivity contribution in [1.82, 2.24) is 5.43 Å². The molecule has 0 aliphatic carbocycles. The van der Waals surface area contributed by atoms with Crippen LogP contribution in [0, 0.1) is 10.1 Å². The highest BCUT2D eigenvalue weighted by atomic mass is 32.1. The topological polar surface area (TPSA) is 114 Å². The largest absolute Gasteiger partial charge is 0.502 e. The van der Waals surface area contributed by atoms with Crippen LogP contribution in [0.2, 0.25) is 0 Å². The van der Waals surface area contributed by atoms with Gasteiger partial charge in [-0.25, -0.2) is 0 Å². The van der Waals surface area contributed by atoms with Crippen LogP contribution in [0.4, 0.5) is 5.69 Å². The summed E-state index contributed by atoms with van der Waals surface area (Å²) in [6.45, 7) is 0. The molecule has 1 aromatic rings. The van der Waals surface area contributed by atoms with E-state index in [4.69, 9.17) is 5.73 Å². The Morgan fingerprint density at radius 3 is 2.94 bits per heavy atom. The third-order valence-electron chi connectivity index (χ3n) is 1.62. The number of hydrazone groups is 1. The second kappa shape index (κ2) is 5.03. The number of phenolic OH excluding ortho intramolecular Hbond substituents is 1. The van der Waals surface area contributed by atoms with E-state index >= 15 is 0 Å². The summed E-state index contributed by atoms with van der Waals surface area (Å²) in [4.78, 5) is 9.81. The highest BCUT2D eigenvalue weighted by Gasteiger charge is 2.14. The Balaban J connectivity index is 2.97. The van der Waals surface area contributed by atoms with Crippen molar-refractivity contribution in [2.45, 2.75) is 0 Å². The number of rotatable bonds is 3. The summed E-state index contributed by atoms with van der Waals surface area (Å²) in [7, 11) is 0. The van der Waals surface area contributed by atoms with Gasteiger partial charge in [-0.05, 0) is 18.3 Å². The number of nitrogens with one attached hydrogen (secondary N) is 1. The molecule has 0 aliphatic rings. The van der Waals surface area contributed by atoms with E-state index in [0.29, 0.717) is 0 Å². The van der Waals surface area contributed by atoms with Crippen LogP contribution in [0.3, 0.4) is 0 Å². The van der Waals surface area contributed by atoms with Crippen molar-refractivity contribution in [1.29, 1.82) is 0 Å². The number of nitrogens with two attached hydrogens (primary N) is 1. The van der Waals surface area contributed by atoms with E-state index in [-0.39, 0.29) is 16.4 Å². The van der Waals surface area contributed by atoms with Crippen molar-refractivity contribution in [3.63, 3.8) is 0 Å². The first-order chi connectivity index (χ1) is 7.52. The number of aromatic hydroxyl groups is 1. The smallest absolute Gasteiger partial charge is 0.311 e. The lowest BCUT2D eigenvalue weighted by atomic mass is 10.2. The van der Waals surface area contributed by atoms with Gasteiger partial charge in [0.05, 0.1) is 11.1 Å². The molecule has 4 N–H and O–H groups in total. The van der Waals surface area contributed by atoms with E-state index in [1.165, 1.54) is 24.4 Å². The molecule has 0 atom stereocenters. The summed E-state index contributed by atoms with van der Waals surface area (Å²) < 4.78 is 0. The Kier molecular flexibility index (Phi) is 3.72. The average molecular weight is 240 g/mol. The summed E-state index contributed by atoms with van der Waals surface area (Å²) >= 11 is 4.49. The molecule has 84 valence electrons. The maximum Gasteiger partial charge on any atom is 0.311 e. The fourth-order valence-electron chi connectivity index (χ4n) is 0.966. The number of para-hydroxylation sites is 1. The van der Waals surface area contributed by atoms with Crippen molar-refractivity contribution in [2.75, 3.05) is 0 Å². The maximum atomic E-state index is 10.5. The quantitative estimate of drug-likeness (QED) is 0.306. The molecule has 16 heavy (non-hydrogen) atoms. The molecule has 0 saturated carbocycles. The molecule has 0 aliphatic heterocycles. The molecule has 0 radical (unpaired) electrons. The first kappa shape index (κ1) is 11.9. The van der Waals surface area contributed by atoms with Crippen molar-refractivity contribution < 1.29 is 10.0 Å². The average Bonchev–Trinajstić information content (AvgIpc) is 2.19. The van der Waals surface area contributed by atoms with Gasteiger partial charge < -0.3 is 10.8 Å². The molecular formula is C8H8N4O3S. The zero-order valence-corrected chi connectivity index (χ0v) is 8.77. The van der Waals surface area contributed by atoms with Crippen molar-refractivity contribution in [3.05, 3.63) is 33.9 Å². The molecule has 0 spiro atoms. The van der Waals surface area contributed by atoms with Crippen LogP contribution >= 0.6 is 12.2 Å². The maximum absolute atomic E-state index is 10.5. The van der Waals surface area contributed by atoms with Crippen LogP contribution in [0.25, 0.3) is 0 Å². The molecule has 0 aromatic heterocycles. The molecule has 0 heterocycles. The van der Waals surface area contributed by atoms with E-state index in [1.54, 1.807) is 0 Å². The van der Waals surface area contributed by atoms with Gasteiger partial charge in [-0.3, -0.25) is 15.5 Å². The van der Waals surface area contributed by atoms with Crippen LogP contribution < -0.4 is 11.2 Å². The summed E-state index contributed by atoms with van der Waals surface area (Å²) in [5.74, 6) is -0.457. The Hall–Kier alpha value is -2.22. The molecule has 0 fully saturated rings. The molecule has 1 aromatic carbocycles. The SMILES string of the molecule is NC(=S)N/N=C/c1cccc([N+](=O)[O-])c1O. The molecule has 0 saturated heterocycles. The summed E-state index contributed by atoms with van der Waals surface area (Å²) in [5.41, 5.74) is 7.18. The minimum Gasteiger partial charge on any atom is -0.502 e. The number of benzene rings is 1. The number of nitro benzene ring substituents is 1. The Labute approximate surface area is 95.7 Å². The van der Waals surface area contributed by atoms with Gasteiger partial charge >= 0.3 is 5.69 Å². The van der Waals surface area contributed by atoms with E-state index in [9.17, 15) is 15.2 Å². The van der Waals surface area contributed by atoms with Gasteiger partial charge in [0.15, 0.2) is 5.11 Å². The third-order valence-corrected chi connectivity index (χ3v) is 1.71. The van der Waals surface area contributed by atoms with Gasteiger partial charge in [-0.15, -0.1) is 0 Å². The second-order valence-electron chi connectivity index (χ2n) is 2.71. The number of phenols is 1. The predicted molar refractivity (Wildman–Crippen MR) is 62.3 cm³/mol. The first-order valence-corrected chi connectivity index (χ1v) is 4.48. The molecule has 0 unspecified atom stereocenters. The number of hydrogen-bond acceptors (Lipinski definition) is 5. The Morgan fingerprint density at radius 2 is 2.38 bits per heavy atom. The lowest BCUT2D eigenvalue weighted by molar-refractivity contribution is -0.385. The monoisotopic (exact) mass is 240 g/mol. The number of thiocarbonyl (C=S) groups is 1. The second-order valence-corrected chi connectivity index (χ2v) is 3.15. The minimum atomic E-state index is -0.687. The fourth-order valence-corrected chi connectivity index (χ4v) is 1.02. The highest BCUT2D eigenvalue weighted by molar-refractivity contribution is 7.80. The van der Waals surface area contributed by atoms with E-state index < -0.39 is 10.7 Å². The molecule has 0 amide bonds. The van der Waals surface area contributed by atoms with Crippen LogP contribution in [-0.2, 0) is 0 Å². The van der Waals surface area contributed by atoms with Crippen molar-refractivity contribution in [3.8, 4) is 5.75 Å². The van der Waals surface area contributed by atoms with Gasteiger partial charge in [0, 0.05) is 11.6 Å². The lowest BCUT2D eigenvalue weighted by Crippen LogP contribution is -2.23. The molecule has 1 rings (SSSR count). The van der Waals surface area contributed by atoms with E-state index in [0.717, 1.165) is 0 Å². The van der Waals surface area contributed by atoms with Gasteiger partial charge in [0.25, 0.3) is 0 Å². The van der Waals surface area contributed by atoms with Crippen LogP contribution in [0.5, 0.6) is 5.75 Å². The summed E-state index contributed by atoms with van der Waals surface area (Å²) in [6, 6.07) is 4.08. The van der Waals surface area contributed by atoms with Crippen LogP contribution in [0.1, 0.15) is 5.56 Å². The normalized spacial score (nSPS) is 10.2. The van der Waals surface area contributed by atoms with Crippen molar-refractivity contribution in [2.24, 2.45) is 10.8 Å². The fraction of sp³-hybridized carbons (Fsp3) is 0. The Bertz CT molecular complexity index is 461. The van der Waals surface area contributed by atoms with E-state index in [2.05, 4.69) is 22.7 Å². The van der Waals surface area contributed by atoms with Crippen LogP contribution in [-0.4, -0.2) is 21.4 Å². The zero-order valence-electron chi connectivity index (χ0n) is 7.95. The highest BCUT2D eigenvalue weighted by Crippen LogP contribution is 2.27. The van der Waals surface area contributed by atoms with Crippen LogP contribution in [0.15, 0.2) is 23.3 Å². The third kappa shape index (κ3) is 2.89. The summed E-state index contributed by atoms with van der Waals surface area (Å²) in [6.07, 6.45) is 1.18. The number of hydrogen-bond donors (Lipinski definition) is 3. The first-order valence-electron chi connectivity index (χ1n) is 4.07. The predicted octanol–water partition coefficient (Wildman–Crippen LogP) is 0.468. The molecule has 8 heteroatoms. The molecular weight excluding hydrogens is 232 g/mol. The standard InChI is InChI=1S/C8H8N4O3S/c9-8(16)11-10-4-5-2-1-3-6(7(5)13)12(14)15/h1-4,13H,(H3,9,11,16)/b10-4+. The lowest BCUT2D eigenvalue weighted by Gasteiger charge is -1.99. The number of nitro groups is 1. The van der Waals surface area contributed by atoms with Gasteiger partial charge in [0.1, 0.15) is 0 Å². The van der Waals surface area contributed by atoms with Gasteiger partial charge in [0.2, 0.25) is 5.75 Å². The summed E-state index contributed by atoms with van der Waals surface area (Å²) in [5, 5.41) is 23.5. The minimum absolute atomic E-state index is 0.0406.